The van der Waals surface area contributed by atoms with Crippen LogP contribution in [0.4, 0.5) is 0 Å². The Hall–Kier alpha value is -2.37. The van der Waals surface area contributed by atoms with Gasteiger partial charge in [-0.15, -0.1) is 0 Å². The fourth-order valence-electron chi connectivity index (χ4n) is 3.33. The molecule has 1 aliphatic rings. The van der Waals surface area contributed by atoms with Crippen molar-refractivity contribution in [2.24, 2.45) is 5.41 Å². The summed E-state index contributed by atoms with van der Waals surface area (Å²) >= 11 is 0. The number of piperidine rings is 1. The van der Waals surface area contributed by atoms with Gasteiger partial charge in [-0.2, -0.15) is 0 Å². The number of carbonyl (C=O) groups is 3. The Morgan fingerprint density at radius 3 is 2.69 bits per heavy atom. The minimum Gasteiger partial charge on any atom is -0.426 e. The summed E-state index contributed by atoms with van der Waals surface area (Å²) in [6.45, 7) is 8.68. The van der Waals surface area contributed by atoms with Crippen LogP contribution in [0.25, 0.3) is 0 Å². The number of carbonyl (C=O) groups excluding carboxylic acids is 3. The van der Waals surface area contributed by atoms with E-state index in [2.05, 4.69) is 5.32 Å². The third-order valence-electron chi connectivity index (χ3n) is 4.84. The van der Waals surface area contributed by atoms with Crippen molar-refractivity contribution in [2.75, 3.05) is 19.6 Å². The molecule has 2 rings (SSSR count). The molecule has 0 saturated carbocycles. The number of rotatable bonds is 5. The Balaban J connectivity index is 2.19. The first-order valence-corrected chi connectivity index (χ1v) is 9.14. The Kier molecular flexibility index (Phi) is 6.40. The van der Waals surface area contributed by atoms with Crippen LogP contribution in [-0.2, 0) is 9.59 Å². The third kappa shape index (κ3) is 4.42. The molecule has 1 saturated heterocycles. The fraction of sp³-hybridized carbons (Fsp3) is 0.550. The quantitative estimate of drug-likeness (QED) is 0.647. The van der Waals surface area contributed by atoms with Crippen molar-refractivity contribution >= 4 is 17.8 Å². The van der Waals surface area contributed by atoms with E-state index in [1.54, 1.807) is 30.0 Å². The minimum atomic E-state index is -0.579. The lowest BCUT2D eigenvalue weighted by Gasteiger charge is -2.39. The van der Waals surface area contributed by atoms with E-state index in [1.165, 1.54) is 6.92 Å². The molecule has 1 aromatic carbocycles. The number of ether oxygens (including phenoxy) is 1. The maximum Gasteiger partial charge on any atom is 0.308 e. The van der Waals surface area contributed by atoms with E-state index in [0.717, 1.165) is 19.3 Å². The second kappa shape index (κ2) is 8.34. The van der Waals surface area contributed by atoms with E-state index in [1.807, 2.05) is 13.8 Å². The largest absolute Gasteiger partial charge is 0.426 e. The molecule has 2 amide bonds. The van der Waals surface area contributed by atoms with E-state index >= 15 is 0 Å². The number of hydrogen-bond donors (Lipinski definition) is 1. The van der Waals surface area contributed by atoms with Gasteiger partial charge in [-0.25, -0.2) is 0 Å². The molecule has 1 atom stereocenters. The van der Waals surface area contributed by atoms with Crippen LogP contribution in [0.2, 0.25) is 0 Å². The maximum absolute atomic E-state index is 13.0. The Morgan fingerprint density at radius 1 is 1.31 bits per heavy atom. The highest BCUT2D eigenvalue weighted by atomic mass is 16.5. The summed E-state index contributed by atoms with van der Waals surface area (Å²) in [5.74, 6) is -0.160. The van der Waals surface area contributed by atoms with Gasteiger partial charge < -0.3 is 15.0 Å². The van der Waals surface area contributed by atoms with Crippen LogP contribution in [0.1, 0.15) is 56.0 Å². The van der Waals surface area contributed by atoms with Crippen molar-refractivity contribution in [1.82, 2.24) is 10.2 Å². The van der Waals surface area contributed by atoms with Crippen LogP contribution in [0.5, 0.6) is 5.75 Å². The predicted octanol–water partition coefficient (Wildman–Crippen LogP) is 2.69. The fourth-order valence-corrected chi connectivity index (χ4v) is 3.33. The highest BCUT2D eigenvalue weighted by molar-refractivity contribution is 5.97. The van der Waals surface area contributed by atoms with Gasteiger partial charge >= 0.3 is 5.97 Å². The zero-order valence-corrected chi connectivity index (χ0v) is 16.1. The molecule has 1 aromatic rings. The Morgan fingerprint density at radius 2 is 2.04 bits per heavy atom. The molecule has 1 heterocycles. The molecule has 6 nitrogen and oxygen atoms in total. The van der Waals surface area contributed by atoms with E-state index in [4.69, 9.17) is 4.74 Å². The molecule has 0 radical (unpaired) electrons. The summed E-state index contributed by atoms with van der Waals surface area (Å²) in [5.41, 5.74) is 0.558. The van der Waals surface area contributed by atoms with Crippen molar-refractivity contribution in [2.45, 2.75) is 47.0 Å². The van der Waals surface area contributed by atoms with Gasteiger partial charge in [0.05, 0.1) is 5.41 Å². The second-order valence-corrected chi connectivity index (χ2v) is 7.17. The molecular formula is C20H28N2O4. The van der Waals surface area contributed by atoms with Gasteiger partial charge in [-0.1, -0.05) is 13.0 Å². The Bertz CT molecular complexity index is 701. The normalized spacial score (nSPS) is 19.8. The minimum absolute atomic E-state index is 0.00207. The first-order valence-electron chi connectivity index (χ1n) is 9.14. The average molecular weight is 360 g/mol. The molecule has 0 spiro atoms. The number of benzene rings is 1. The molecule has 6 heteroatoms. The summed E-state index contributed by atoms with van der Waals surface area (Å²) in [6, 6.07) is 5.11. The second-order valence-electron chi connectivity index (χ2n) is 7.17. The Labute approximate surface area is 154 Å². The van der Waals surface area contributed by atoms with Crippen molar-refractivity contribution in [3.05, 3.63) is 29.3 Å². The van der Waals surface area contributed by atoms with Crippen molar-refractivity contribution in [1.29, 1.82) is 0 Å². The smallest absolute Gasteiger partial charge is 0.308 e. The summed E-state index contributed by atoms with van der Waals surface area (Å²) in [7, 11) is 0. The number of amides is 2. The molecule has 26 heavy (non-hydrogen) atoms. The van der Waals surface area contributed by atoms with Crippen molar-refractivity contribution in [3.8, 4) is 5.75 Å². The average Bonchev–Trinajstić information content (AvgIpc) is 2.60. The highest BCUT2D eigenvalue weighted by Gasteiger charge is 2.39. The SMILES string of the molecule is CCCNC(=O)C1(C)CCCN(C(=O)c2cccc(OC(C)=O)c2C)C1. The number of hydrogen-bond acceptors (Lipinski definition) is 4. The van der Waals surface area contributed by atoms with E-state index in [9.17, 15) is 14.4 Å². The van der Waals surface area contributed by atoms with Gasteiger partial charge in [-0.3, -0.25) is 14.4 Å². The number of likely N-dealkylation sites (tertiary alicyclic amines) is 1. The van der Waals surface area contributed by atoms with Gasteiger partial charge in [0.2, 0.25) is 5.91 Å². The van der Waals surface area contributed by atoms with E-state index in [0.29, 0.717) is 36.5 Å². The van der Waals surface area contributed by atoms with Gasteiger partial charge in [0.15, 0.2) is 0 Å². The predicted molar refractivity (Wildman–Crippen MR) is 99.0 cm³/mol. The van der Waals surface area contributed by atoms with Crippen LogP contribution < -0.4 is 10.1 Å². The molecule has 1 N–H and O–H groups in total. The number of nitrogens with one attached hydrogen (secondary N) is 1. The van der Waals surface area contributed by atoms with Gasteiger partial charge in [0, 0.05) is 37.7 Å². The monoisotopic (exact) mass is 360 g/mol. The highest BCUT2D eigenvalue weighted by Crippen LogP contribution is 2.31. The van der Waals surface area contributed by atoms with Gasteiger partial charge in [0.25, 0.3) is 5.91 Å². The molecule has 142 valence electrons. The van der Waals surface area contributed by atoms with Crippen LogP contribution in [0, 0.1) is 12.3 Å². The molecule has 1 fully saturated rings. The summed E-state index contributed by atoms with van der Waals surface area (Å²) in [4.78, 5) is 38.5. The summed E-state index contributed by atoms with van der Waals surface area (Å²) < 4.78 is 5.17. The third-order valence-corrected chi connectivity index (χ3v) is 4.84. The molecule has 1 aliphatic heterocycles. The maximum atomic E-state index is 13.0. The number of nitrogens with zero attached hydrogens (tertiary/aromatic N) is 1. The molecule has 0 aromatic heterocycles. The van der Waals surface area contributed by atoms with Crippen LogP contribution in [-0.4, -0.2) is 42.3 Å². The standard InChI is InChI=1S/C20H28N2O4/c1-5-11-21-19(25)20(4)10-7-12-22(13-20)18(24)16-8-6-9-17(14(16)2)26-15(3)23/h6,8-9H,5,7,10-13H2,1-4H3,(H,21,25). The van der Waals surface area contributed by atoms with Crippen molar-refractivity contribution < 1.29 is 19.1 Å². The van der Waals surface area contributed by atoms with Gasteiger partial charge in [0.1, 0.15) is 5.75 Å². The summed E-state index contributed by atoms with van der Waals surface area (Å²) in [6.07, 6.45) is 2.43. The molecule has 0 bridgehead atoms. The number of esters is 1. The van der Waals surface area contributed by atoms with E-state index < -0.39 is 11.4 Å². The van der Waals surface area contributed by atoms with Crippen LogP contribution in [0.3, 0.4) is 0 Å². The zero-order valence-electron chi connectivity index (χ0n) is 16.1. The molecule has 1 unspecified atom stereocenters. The van der Waals surface area contributed by atoms with Crippen LogP contribution >= 0.6 is 0 Å². The van der Waals surface area contributed by atoms with Gasteiger partial charge in [-0.05, 0) is 45.2 Å². The summed E-state index contributed by atoms with van der Waals surface area (Å²) in [5, 5.41) is 2.95. The zero-order chi connectivity index (χ0) is 19.3. The topological polar surface area (TPSA) is 75.7 Å². The molecular weight excluding hydrogens is 332 g/mol. The van der Waals surface area contributed by atoms with Crippen molar-refractivity contribution in [3.63, 3.8) is 0 Å². The first kappa shape index (κ1) is 19.9. The lowest BCUT2D eigenvalue weighted by Crippen LogP contribution is -2.52. The molecule has 0 aliphatic carbocycles. The lowest BCUT2D eigenvalue weighted by molar-refractivity contribution is -0.133. The van der Waals surface area contributed by atoms with Crippen LogP contribution in [0.15, 0.2) is 18.2 Å². The van der Waals surface area contributed by atoms with E-state index in [-0.39, 0.29) is 11.8 Å². The first-order chi connectivity index (χ1) is 12.3. The lowest BCUT2D eigenvalue weighted by atomic mass is 9.80.